The van der Waals surface area contributed by atoms with Crippen LogP contribution in [-0.2, 0) is 0 Å². The fourth-order valence-electron chi connectivity index (χ4n) is 2.07. The lowest BCUT2D eigenvalue weighted by molar-refractivity contribution is 0.831. The molecule has 3 aromatic heterocycles. The van der Waals surface area contributed by atoms with Gasteiger partial charge in [0.1, 0.15) is 17.7 Å². The van der Waals surface area contributed by atoms with Crippen LogP contribution >= 0.6 is 0 Å². The largest absolute Gasteiger partial charge is 0.267 e. The molecule has 4 nitrogen and oxygen atoms in total. The molecular formula is C14H14N4. The lowest BCUT2D eigenvalue weighted by Crippen LogP contribution is -2.03. The molecule has 3 heterocycles. The van der Waals surface area contributed by atoms with Crippen molar-refractivity contribution in [3.8, 4) is 5.82 Å². The van der Waals surface area contributed by atoms with Gasteiger partial charge in [0.2, 0.25) is 0 Å². The first-order chi connectivity index (χ1) is 8.77. The molecule has 0 aliphatic rings. The summed E-state index contributed by atoms with van der Waals surface area (Å²) in [6.07, 6.45) is 5.36. The third kappa shape index (κ3) is 1.66. The van der Waals surface area contributed by atoms with Crippen molar-refractivity contribution in [3.05, 3.63) is 48.5 Å². The first-order valence-corrected chi connectivity index (χ1v) is 6.00. The maximum atomic E-state index is 4.48. The molecule has 0 saturated heterocycles. The van der Waals surface area contributed by atoms with Gasteiger partial charge in [0.05, 0.1) is 0 Å². The molecule has 0 unspecified atom stereocenters. The number of aromatic nitrogens is 4. The van der Waals surface area contributed by atoms with E-state index in [-0.39, 0.29) is 0 Å². The van der Waals surface area contributed by atoms with Crippen molar-refractivity contribution in [3.63, 3.8) is 0 Å². The Balaban J connectivity index is 2.27. The van der Waals surface area contributed by atoms with Gasteiger partial charge in [0, 0.05) is 12.4 Å². The molecule has 0 aliphatic carbocycles. The van der Waals surface area contributed by atoms with Crippen LogP contribution in [0, 0.1) is 0 Å². The summed E-state index contributed by atoms with van der Waals surface area (Å²) in [5.41, 5.74) is 2.93. The maximum absolute atomic E-state index is 4.48. The molecule has 0 radical (unpaired) electrons. The molecule has 0 bridgehead atoms. The zero-order chi connectivity index (χ0) is 12.5. The van der Waals surface area contributed by atoms with E-state index in [0.717, 1.165) is 17.0 Å². The van der Waals surface area contributed by atoms with E-state index in [1.54, 1.807) is 18.7 Å². The SMILES string of the molecule is CC(C)c1cccnc1-n1cnc2cccnc21. The average molecular weight is 238 g/mol. The van der Waals surface area contributed by atoms with E-state index in [1.165, 1.54) is 5.56 Å². The highest BCUT2D eigenvalue weighted by Crippen LogP contribution is 2.23. The van der Waals surface area contributed by atoms with Crippen molar-refractivity contribution in [2.45, 2.75) is 19.8 Å². The molecule has 0 aromatic carbocycles. The quantitative estimate of drug-likeness (QED) is 0.689. The van der Waals surface area contributed by atoms with E-state index in [4.69, 9.17) is 0 Å². The fraction of sp³-hybridized carbons (Fsp3) is 0.214. The number of rotatable bonds is 2. The summed E-state index contributed by atoms with van der Waals surface area (Å²) in [6.45, 7) is 4.32. The summed E-state index contributed by atoms with van der Waals surface area (Å²) < 4.78 is 1.95. The van der Waals surface area contributed by atoms with Crippen molar-refractivity contribution in [1.29, 1.82) is 0 Å². The third-order valence-electron chi connectivity index (χ3n) is 2.97. The Bertz CT molecular complexity index is 685. The summed E-state index contributed by atoms with van der Waals surface area (Å²) in [7, 11) is 0. The second-order valence-corrected chi connectivity index (χ2v) is 4.53. The monoisotopic (exact) mass is 238 g/mol. The summed E-state index contributed by atoms with van der Waals surface area (Å²) in [5, 5.41) is 0. The van der Waals surface area contributed by atoms with Gasteiger partial charge < -0.3 is 0 Å². The standard InChI is InChI=1S/C14H14N4/c1-10(2)11-5-3-7-15-13(11)18-9-17-12-6-4-8-16-14(12)18/h3-10H,1-2H3. The van der Waals surface area contributed by atoms with Gasteiger partial charge >= 0.3 is 0 Å². The molecule has 0 amide bonds. The minimum atomic E-state index is 0.412. The van der Waals surface area contributed by atoms with Gasteiger partial charge in [-0.05, 0) is 29.7 Å². The first-order valence-electron chi connectivity index (χ1n) is 6.00. The van der Waals surface area contributed by atoms with Crippen LogP contribution in [0.2, 0.25) is 0 Å². The van der Waals surface area contributed by atoms with Crippen molar-refractivity contribution in [2.75, 3.05) is 0 Å². The minimum Gasteiger partial charge on any atom is -0.267 e. The Hall–Kier alpha value is -2.23. The number of pyridine rings is 2. The number of imidazole rings is 1. The van der Waals surface area contributed by atoms with Gasteiger partial charge in [0.15, 0.2) is 5.65 Å². The van der Waals surface area contributed by atoms with E-state index >= 15 is 0 Å². The molecule has 0 fully saturated rings. The zero-order valence-corrected chi connectivity index (χ0v) is 10.4. The lowest BCUT2D eigenvalue weighted by atomic mass is 10.0. The molecule has 90 valence electrons. The number of fused-ring (bicyclic) bond motifs is 1. The molecule has 0 aliphatic heterocycles. The van der Waals surface area contributed by atoms with Gasteiger partial charge in [-0.25, -0.2) is 15.0 Å². The van der Waals surface area contributed by atoms with Gasteiger partial charge in [-0.3, -0.25) is 4.57 Å². The second kappa shape index (κ2) is 4.22. The van der Waals surface area contributed by atoms with E-state index < -0.39 is 0 Å². The lowest BCUT2D eigenvalue weighted by Gasteiger charge is -2.11. The molecule has 18 heavy (non-hydrogen) atoms. The van der Waals surface area contributed by atoms with E-state index in [0.29, 0.717) is 5.92 Å². The Labute approximate surface area is 105 Å². The fourth-order valence-corrected chi connectivity index (χ4v) is 2.07. The minimum absolute atomic E-state index is 0.412. The Morgan fingerprint density at radius 2 is 1.78 bits per heavy atom. The number of nitrogens with zero attached hydrogens (tertiary/aromatic N) is 4. The summed E-state index contributed by atoms with van der Waals surface area (Å²) in [5.74, 6) is 1.32. The summed E-state index contributed by atoms with van der Waals surface area (Å²) >= 11 is 0. The molecule has 0 N–H and O–H groups in total. The van der Waals surface area contributed by atoms with Crippen LogP contribution in [0.5, 0.6) is 0 Å². The van der Waals surface area contributed by atoms with Crippen LogP contribution in [0.3, 0.4) is 0 Å². The Kier molecular flexibility index (Phi) is 2.55. The van der Waals surface area contributed by atoms with Gasteiger partial charge in [-0.15, -0.1) is 0 Å². The van der Waals surface area contributed by atoms with Gasteiger partial charge in [-0.2, -0.15) is 0 Å². The normalized spacial score (nSPS) is 11.3. The molecule has 3 aromatic rings. The Morgan fingerprint density at radius 3 is 2.61 bits per heavy atom. The average Bonchev–Trinajstić information content (AvgIpc) is 2.82. The predicted octanol–water partition coefficient (Wildman–Crippen LogP) is 2.94. The Morgan fingerprint density at radius 1 is 1.00 bits per heavy atom. The maximum Gasteiger partial charge on any atom is 0.165 e. The highest BCUT2D eigenvalue weighted by molar-refractivity contribution is 5.72. The van der Waals surface area contributed by atoms with Crippen LogP contribution in [0.25, 0.3) is 17.0 Å². The van der Waals surface area contributed by atoms with Crippen molar-refractivity contribution < 1.29 is 0 Å². The van der Waals surface area contributed by atoms with Crippen LogP contribution in [0.4, 0.5) is 0 Å². The van der Waals surface area contributed by atoms with Crippen LogP contribution in [-0.4, -0.2) is 19.5 Å². The predicted molar refractivity (Wildman–Crippen MR) is 70.7 cm³/mol. The molecule has 0 saturated carbocycles. The molecule has 3 rings (SSSR count). The third-order valence-corrected chi connectivity index (χ3v) is 2.97. The van der Waals surface area contributed by atoms with Crippen LogP contribution < -0.4 is 0 Å². The van der Waals surface area contributed by atoms with Crippen LogP contribution in [0.1, 0.15) is 25.3 Å². The molecule has 0 atom stereocenters. The van der Waals surface area contributed by atoms with Gasteiger partial charge in [0.25, 0.3) is 0 Å². The molecule has 4 heteroatoms. The van der Waals surface area contributed by atoms with E-state index in [1.807, 2.05) is 22.8 Å². The number of hydrogen-bond acceptors (Lipinski definition) is 3. The topological polar surface area (TPSA) is 43.6 Å². The summed E-state index contributed by atoms with van der Waals surface area (Å²) in [4.78, 5) is 13.2. The highest BCUT2D eigenvalue weighted by Gasteiger charge is 2.12. The molecular weight excluding hydrogens is 224 g/mol. The first kappa shape index (κ1) is 10.9. The second-order valence-electron chi connectivity index (χ2n) is 4.53. The van der Waals surface area contributed by atoms with Gasteiger partial charge in [-0.1, -0.05) is 19.9 Å². The van der Waals surface area contributed by atoms with E-state index in [9.17, 15) is 0 Å². The number of hydrogen-bond donors (Lipinski definition) is 0. The zero-order valence-electron chi connectivity index (χ0n) is 10.4. The van der Waals surface area contributed by atoms with Crippen LogP contribution in [0.15, 0.2) is 43.0 Å². The summed E-state index contributed by atoms with van der Waals surface area (Å²) in [6, 6.07) is 7.91. The van der Waals surface area contributed by atoms with Crippen molar-refractivity contribution in [1.82, 2.24) is 19.5 Å². The smallest absolute Gasteiger partial charge is 0.165 e. The molecule has 0 spiro atoms. The van der Waals surface area contributed by atoms with Crippen molar-refractivity contribution in [2.24, 2.45) is 0 Å². The van der Waals surface area contributed by atoms with E-state index in [2.05, 4.69) is 34.9 Å². The van der Waals surface area contributed by atoms with Crippen molar-refractivity contribution >= 4 is 11.2 Å². The highest BCUT2D eigenvalue weighted by atomic mass is 15.1.